The van der Waals surface area contributed by atoms with Crippen LogP contribution in [0.2, 0.25) is 0 Å². The average molecular weight is 306 g/mol. The standard InChI is InChI=1S/C15H12F2N2OS/c1-2-11-3-4-12(21-11)14-13(15(18)20-19-14)8-5-9(16)7-10(17)6-8/h3-7H,2,18H2,1H3. The third kappa shape index (κ3) is 2.54. The maximum absolute atomic E-state index is 13.4. The summed E-state index contributed by atoms with van der Waals surface area (Å²) in [6, 6.07) is 7.13. The summed E-state index contributed by atoms with van der Waals surface area (Å²) in [5.41, 5.74) is 7.01. The minimum Gasteiger partial charge on any atom is -0.367 e. The van der Waals surface area contributed by atoms with E-state index >= 15 is 0 Å². The molecule has 6 heteroatoms. The zero-order valence-corrected chi connectivity index (χ0v) is 12.0. The fourth-order valence-electron chi connectivity index (χ4n) is 2.14. The van der Waals surface area contributed by atoms with E-state index in [0.29, 0.717) is 16.8 Å². The SMILES string of the molecule is CCc1ccc(-c2noc(N)c2-c2cc(F)cc(F)c2)s1. The lowest BCUT2D eigenvalue weighted by molar-refractivity contribution is 0.439. The van der Waals surface area contributed by atoms with Crippen LogP contribution in [-0.2, 0) is 6.42 Å². The smallest absolute Gasteiger partial charge is 0.230 e. The monoisotopic (exact) mass is 306 g/mol. The van der Waals surface area contributed by atoms with Gasteiger partial charge in [-0.15, -0.1) is 11.3 Å². The Balaban J connectivity index is 2.16. The predicted molar refractivity (Wildman–Crippen MR) is 79.0 cm³/mol. The molecule has 2 heterocycles. The van der Waals surface area contributed by atoms with Crippen molar-refractivity contribution in [2.24, 2.45) is 0 Å². The fourth-order valence-corrected chi connectivity index (χ4v) is 3.08. The van der Waals surface area contributed by atoms with E-state index in [9.17, 15) is 8.78 Å². The third-order valence-electron chi connectivity index (χ3n) is 3.11. The Bertz CT molecular complexity index is 775. The van der Waals surface area contributed by atoms with Crippen LogP contribution < -0.4 is 5.73 Å². The van der Waals surface area contributed by atoms with Crippen LogP contribution in [0.3, 0.4) is 0 Å². The summed E-state index contributed by atoms with van der Waals surface area (Å²) < 4.78 is 31.8. The van der Waals surface area contributed by atoms with Crippen molar-refractivity contribution in [2.75, 3.05) is 5.73 Å². The summed E-state index contributed by atoms with van der Waals surface area (Å²) in [6.45, 7) is 2.05. The second-order valence-electron chi connectivity index (χ2n) is 4.55. The van der Waals surface area contributed by atoms with E-state index in [-0.39, 0.29) is 5.88 Å². The van der Waals surface area contributed by atoms with Crippen molar-refractivity contribution in [1.29, 1.82) is 0 Å². The van der Waals surface area contributed by atoms with Crippen LogP contribution in [-0.4, -0.2) is 5.16 Å². The number of benzene rings is 1. The van der Waals surface area contributed by atoms with Gasteiger partial charge in [0.25, 0.3) is 0 Å². The molecule has 3 rings (SSSR count). The van der Waals surface area contributed by atoms with Crippen LogP contribution in [0.15, 0.2) is 34.9 Å². The molecule has 0 amide bonds. The van der Waals surface area contributed by atoms with Gasteiger partial charge in [0.15, 0.2) is 0 Å². The van der Waals surface area contributed by atoms with Gasteiger partial charge in [-0.25, -0.2) is 8.78 Å². The van der Waals surface area contributed by atoms with Gasteiger partial charge in [-0.3, -0.25) is 0 Å². The van der Waals surface area contributed by atoms with Gasteiger partial charge in [-0.1, -0.05) is 12.1 Å². The minimum absolute atomic E-state index is 0.0430. The molecule has 1 aromatic carbocycles. The zero-order chi connectivity index (χ0) is 15.0. The lowest BCUT2D eigenvalue weighted by Gasteiger charge is -2.02. The van der Waals surface area contributed by atoms with Crippen LogP contribution in [0.4, 0.5) is 14.7 Å². The highest BCUT2D eigenvalue weighted by Gasteiger charge is 2.20. The van der Waals surface area contributed by atoms with E-state index in [2.05, 4.69) is 12.1 Å². The maximum atomic E-state index is 13.4. The summed E-state index contributed by atoms with van der Waals surface area (Å²) in [6.07, 6.45) is 0.905. The number of rotatable bonds is 3. The first-order valence-electron chi connectivity index (χ1n) is 6.39. The number of thiophene rings is 1. The van der Waals surface area contributed by atoms with E-state index in [0.717, 1.165) is 17.4 Å². The molecule has 0 unspecified atom stereocenters. The quantitative estimate of drug-likeness (QED) is 0.775. The number of nitrogens with zero attached hydrogens (tertiary/aromatic N) is 1. The van der Waals surface area contributed by atoms with Gasteiger partial charge in [0.1, 0.15) is 17.3 Å². The molecule has 0 atom stereocenters. The van der Waals surface area contributed by atoms with E-state index in [1.165, 1.54) is 17.0 Å². The Hall–Kier alpha value is -2.21. The first-order chi connectivity index (χ1) is 10.1. The van der Waals surface area contributed by atoms with Crippen molar-refractivity contribution >= 4 is 17.2 Å². The van der Waals surface area contributed by atoms with Crippen molar-refractivity contribution in [2.45, 2.75) is 13.3 Å². The third-order valence-corrected chi connectivity index (χ3v) is 4.35. The first kappa shape index (κ1) is 13.8. The van der Waals surface area contributed by atoms with Crippen molar-refractivity contribution in [3.05, 3.63) is 46.8 Å². The fraction of sp³-hybridized carbons (Fsp3) is 0.133. The molecule has 21 heavy (non-hydrogen) atoms. The van der Waals surface area contributed by atoms with Crippen LogP contribution >= 0.6 is 11.3 Å². The number of halogens is 2. The number of nitrogens with two attached hydrogens (primary N) is 1. The second-order valence-corrected chi connectivity index (χ2v) is 5.72. The van der Waals surface area contributed by atoms with Gasteiger partial charge in [0.05, 0.1) is 10.4 Å². The Kier molecular flexibility index (Phi) is 3.47. The lowest BCUT2D eigenvalue weighted by atomic mass is 10.0. The molecule has 0 aliphatic heterocycles. The average Bonchev–Trinajstić information content (AvgIpc) is 3.03. The topological polar surface area (TPSA) is 52.0 Å². The van der Waals surface area contributed by atoms with E-state index in [4.69, 9.17) is 10.3 Å². The van der Waals surface area contributed by atoms with Crippen molar-refractivity contribution in [1.82, 2.24) is 5.16 Å². The molecular formula is C15H12F2N2OS. The number of hydrogen-bond acceptors (Lipinski definition) is 4. The van der Waals surface area contributed by atoms with Crippen LogP contribution in [0.1, 0.15) is 11.8 Å². The molecule has 0 bridgehead atoms. The number of nitrogen functional groups attached to an aromatic ring is 1. The molecular weight excluding hydrogens is 294 g/mol. The molecule has 2 aromatic heterocycles. The molecule has 3 nitrogen and oxygen atoms in total. The van der Waals surface area contributed by atoms with E-state index in [1.54, 1.807) is 11.3 Å². The van der Waals surface area contributed by atoms with Crippen LogP contribution in [0.25, 0.3) is 21.7 Å². The molecule has 0 fully saturated rings. The zero-order valence-electron chi connectivity index (χ0n) is 11.2. The van der Waals surface area contributed by atoms with Crippen molar-refractivity contribution in [3.63, 3.8) is 0 Å². The summed E-state index contributed by atoms with van der Waals surface area (Å²) in [5.74, 6) is -1.30. The molecule has 0 saturated heterocycles. The molecule has 3 aromatic rings. The number of aromatic nitrogens is 1. The van der Waals surface area contributed by atoms with Gasteiger partial charge in [-0.2, -0.15) is 0 Å². The molecule has 0 saturated carbocycles. The molecule has 0 aliphatic rings. The normalized spacial score (nSPS) is 11.0. The Morgan fingerprint density at radius 1 is 1.19 bits per heavy atom. The molecule has 108 valence electrons. The first-order valence-corrected chi connectivity index (χ1v) is 7.21. The lowest BCUT2D eigenvalue weighted by Crippen LogP contribution is -1.89. The number of aryl methyl sites for hydroxylation is 1. The highest BCUT2D eigenvalue weighted by molar-refractivity contribution is 7.15. The Labute approximate surface area is 124 Å². The Morgan fingerprint density at radius 3 is 2.52 bits per heavy atom. The summed E-state index contributed by atoms with van der Waals surface area (Å²) in [5, 5.41) is 3.93. The second kappa shape index (κ2) is 5.29. The van der Waals surface area contributed by atoms with Gasteiger partial charge in [-0.05, 0) is 36.2 Å². The van der Waals surface area contributed by atoms with E-state index < -0.39 is 11.6 Å². The van der Waals surface area contributed by atoms with Crippen molar-refractivity contribution in [3.8, 4) is 21.7 Å². The highest BCUT2D eigenvalue weighted by atomic mass is 32.1. The van der Waals surface area contributed by atoms with Crippen LogP contribution in [0, 0.1) is 11.6 Å². The summed E-state index contributed by atoms with van der Waals surface area (Å²) >= 11 is 1.55. The van der Waals surface area contributed by atoms with Gasteiger partial charge in [0.2, 0.25) is 5.88 Å². The molecule has 0 aliphatic carbocycles. The highest BCUT2D eigenvalue weighted by Crippen LogP contribution is 2.39. The largest absolute Gasteiger partial charge is 0.367 e. The van der Waals surface area contributed by atoms with E-state index in [1.807, 2.05) is 12.1 Å². The van der Waals surface area contributed by atoms with Gasteiger partial charge >= 0.3 is 0 Å². The molecule has 0 radical (unpaired) electrons. The van der Waals surface area contributed by atoms with Crippen LogP contribution in [0.5, 0.6) is 0 Å². The summed E-state index contributed by atoms with van der Waals surface area (Å²) in [7, 11) is 0. The Morgan fingerprint density at radius 2 is 1.90 bits per heavy atom. The minimum atomic E-state index is -0.669. The maximum Gasteiger partial charge on any atom is 0.230 e. The molecule has 0 spiro atoms. The summed E-state index contributed by atoms with van der Waals surface area (Å²) in [4.78, 5) is 2.04. The number of hydrogen-bond donors (Lipinski definition) is 1. The van der Waals surface area contributed by atoms with Gasteiger partial charge < -0.3 is 10.3 Å². The van der Waals surface area contributed by atoms with Gasteiger partial charge in [0, 0.05) is 10.9 Å². The van der Waals surface area contributed by atoms with Crippen molar-refractivity contribution < 1.29 is 13.3 Å². The predicted octanol–water partition coefficient (Wildman–Crippen LogP) is 4.49. The molecule has 2 N–H and O–H groups in total. The number of anilines is 1.